The van der Waals surface area contributed by atoms with E-state index in [1.54, 1.807) is 43.0 Å². The van der Waals surface area contributed by atoms with Gasteiger partial charge in [-0.2, -0.15) is 0 Å². The van der Waals surface area contributed by atoms with Crippen molar-refractivity contribution >= 4 is 29.4 Å². The monoisotopic (exact) mass is 624 g/mol. The van der Waals surface area contributed by atoms with Crippen LogP contribution in [0.15, 0.2) is 72.8 Å². The zero-order valence-electron chi connectivity index (χ0n) is 25.7. The molecule has 0 bridgehead atoms. The summed E-state index contributed by atoms with van der Waals surface area (Å²) >= 11 is 0. The summed E-state index contributed by atoms with van der Waals surface area (Å²) < 4.78 is 40.3. The Kier molecular flexibility index (Phi) is 10.4. The van der Waals surface area contributed by atoms with Gasteiger partial charge in [0.1, 0.15) is 23.4 Å². The van der Waals surface area contributed by atoms with Gasteiger partial charge in [0, 0.05) is 5.69 Å². The predicted molar refractivity (Wildman–Crippen MR) is 160 cm³/mol. The molecule has 12 heteroatoms. The van der Waals surface area contributed by atoms with Crippen LogP contribution >= 0.6 is 0 Å². The number of ether oxygens (including phenoxy) is 1. The highest BCUT2D eigenvalue weighted by Crippen LogP contribution is 2.46. The lowest BCUT2D eigenvalue weighted by molar-refractivity contribution is -0.143. The van der Waals surface area contributed by atoms with E-state index in [2.05, 4.69) is 5.32 Å². The zero-order chi connectivity index (χ0) is 33.5. The lowest BCUT2D eigenvalue weighted by Gasteiger charge is -2.48. The van der Waals surface area contributed by atoms with Crippen LogP contribution in [0.25, 0.3) is 0 Å². The smallest absolute Gasteiger partial charge is 0.326 e. The third-order valence-electron chi connectivity index (χ3n) is 7.56. The van der Waals surface area contributed by atoms with E-state index in [9.17, 15) is 38.2 Å². The van der Waals surface area contributed by atoms with Crippen LogP contribution < -0.4 is 20.3 Å². The molecular weight excluding hydrogens is 588 g/mol. The molecule has 1 saturated heterocycles. The fraction of sp³-hybridized carbons (Fsp3) is 0.333. The quantitative estimate of drug-likeness (QED) is 0.199. The first kappa shape index (κ1) is 31.6. The number of halogens is 2. The number of carboxylic acids is 1. The van der Waals surface area contributed by atoms with Gasteiger partial charge in [-0.1, -0.05) is 38.1 Å². The average Bonchev–Trinajstić information content (AvgIpc) is 3.02. The Labute approximate surface area is 260 Å². The van der Waals surface area contributed by atoms with Crippen LogP contribution in [0.3, 0.4) is 0 Å². The maximum absolute atomic E-state index is 13.6. The van der Waals surface area contributed by atoms with E-state index in [1.807, 2.05) is 0 Å². The molecule has 0 radical (unpaired) electrons. The minimum Gasteiger partial charge on any atom is -0.484 e. The Morgan fingerprint density at radius 1 is 0.956 bits per heavy atom. The molecule has 0 aliphatic carbocycles. The van der Waals surface area contributed by atoms with E-state index in [-0.39, 0.29) is 18.1 Å². The number of carbonyl (C=O) groups is 4. The first-order valence-corrected chi connectivity index (χ1v) is 14.4. The van der Waals surface area contributed by atoms with Gasteiger partial charge in [0.15, 0.2) is 8.02 Å². The fourth-order valence-electron chi connectivity index (χ4n) is 5.13. The van der Waals surface area contributed by atoms with Gasteiger partial charge >= 0.3 is 5.97 Å². The second-order valence-corrected chi connectivity index (χ2v) is 11.1. The maximum Gasteiger partial charge on any atom is 0.326 e. The van der Waals surface area contributed by atoms with E-state index in [0.29, 0.717) is 23.0 Å². The SMILES string of the molecule is [2H]N(CC(=O)N[C@H](C(=O)O)C(C)C)C(=O)COc1ccc([C@@H]2[C@@H](CCC(O)c3ccc(F)cc3)C(=O)N2c2ccc(F)cc2)cc1. The Morgan fingerprint density at radius 2 is 1.56 bits per heavy atom. The molecule has 0 aromatic heterocycles. The molecule has 1 unspecified atom stereocenters. The number of carbonyl (C=O) groups excluding carboxylic acids is 3. The van der Waals surface area contributed by atoms with Crippen molar-refractivity contribution in [2.45, 2.75) is 44.9 Å². The van der Waals surface area contributed by atoms with Gasteiger partial charge in [-0.3, -0.25) is 14.4 Å². The summed E-state index contributed by atoms with van der Waals surface area (Å²) in [7, 11) is 0. The second-order valence-electron chi connectivity index (χ2n) is 11.1. The number of anilines is 1. The molecular formula is C33H35F2N3O7. The first-order valence-electron chi connectivity index (χ1n) is 14.9. The number of benzene rings is 3. The molecule has 0 spiro atoms. The van der Waals surface area contributed by atoms with Crippen molar-refractivity contribution in [3.8, 4) is 5.75 Å². The topological polar surface area (TPSA) is 145 Å². The van der Waals surface area contributed by atoms with Gasteiger partial charge < -0.3 is 30.5 Å². The number of nitrogens with zero attached hydrogens (tertiary/aromatic N) is 1. The number of carboxylic acid groups (broad SMARTS) is 1. The highest BCUT2D eigenvalue weighted by Gasteiger charge is 2.48. The number of rotatable bonds is 14. The third kappa shape index (κ3) is 8.42. The molecule has 3 aromatic carbocycles. The van der Waals surface area contributed by atoms with Crippen LogP contribution in [0.2, 0.25) is 1.41 Å². The van der Waals surface area contributed by atoms with Crippen LogP contribution in [0, 0.1) is 23.5 Å². The van der Waals surface area contributed by atoms with Crippen molar-refractivity contribution in [3.05, 3.63) is 95.6 Å². The molecule has 4 atom stereocenters. The van der Waals surface area contributed by atoms with Crippen molar-refractivity contribution in [1.82, 2.24) is 10.6 Å². The molecule has 45 heavy (non-hydrogen) atoms. The van der Waals surface area contributed by atoms with Crippen LogP contribution in [0.1, 0.15) is 50.0 Å². The summed E-state index contributed by atoms with van der Waals surface area (Å²) in [6.07, 6.45) is -0.336. The zero-order valence-corrected chi connectivity index (χ0v) is 24.7. The van der Waals surface area contributed by atoms with Crippen LogP contribution in [0.4, 0.5) is 14.5 Å². The number of amides is 3. The van der Waals surface area contributed by atoms with E-state index < -0.39 is 72.6 Å². The Morgan fingerprint density at radius 3 is 2.13 bits per heavy atom. The standard InChI is InChI=1S/C33H35F2N3O7/c1-19(2)30(33(43)44)37-28(40)17-36-29(41)18-45-25-13-5-21(6-14-25)31-26(15-16-27(39)20-3-7-22(34)8-4-20)32(42)38(31)24-11-9-23(35)10-12-24/h3-14,19,26-27,30-31,39H,15-18H2,1-2H3,(H,36,41)(H,37,40)(H,43,44)/t26-,27?,30+,31-/m1/s1/i/hD. The summed E-state index contributed by atoms with van der Waals surface area (Å²) in [6, 6.07) is 16.0. The summed E-state index contributed by atoms with van der Waals surface area (Å²) in [4.78, 5) is 50.7. The van der Waals surface area contributed by atoms with E-state index in [4.69, 9.17) is 6.15 Å². The Balaban J connectivity index is 1.40. The molecule has 1 aliphatic rings. The van der Waals surface area contributed by atoms with Crippen molar-refractivity contribution in [1.29, 1.82) is 0 Å². The van der Waals surface area contributed by atoms with E-state index >= 15 is 0 Å². The molecule has 10 nitrogen and oxygen atoms in total. The average molecular weight is 625 g/mol. The number of nitrogens with one attached hydrogen (secondary N) is 2. The van der Waals surface area contributed by atoms with Crippen LogP contribution in [-0.2, 0) is 19.2 Å². The van der Waals surface area contributed by atoms with Crippen molar-refractivity contribution < 1.29 is 44.3 Å². The summed E-state index contributed by atoms with van der Waals surface area (Å²) in [6.45, 7) is 2.00. The molecule has 4 rings (SSSR count). The maximum atomic E-state index is 13.6. The largest absolute Gasteiger partial charge is 0.484 e. The first-order chi connectivity index (χ1) is 21.8. The molecule has 0 saturated carbocycles. The molecule has 238 valence electrons. The minimum absolute atomic E-state index is 0.198. The number of aliphatic hydroxyl groups is 1. The van der Waals surface area contributed by atoms with Gasteiger partial charge in [0.2, 0.25) is 11.8 Å². The molecule has 1 heterocycles. The Hall–Kier alpha value is -4.84. The van der Waals surface area contributed by atoms with Crippen LogP contribution in [-0.4, -0.2) is 53.1 Å². The number of aliphatic hydroxyl groups excluding tert-OH is 1. The van der Waals surface area contributed by atoms with Crippen LogP contribution in [0.5, 0.6) is 5.75 Å². The van der Waals surface area contributed by atoms with Gasteiger partial charge in [-0.05, 0) is 78.4 Å². The van der Waals surface area contributed by atoms with Crippen molar-refractivity contribution in [3.63, 3.8) is 0 Å². The van der Waals surface area contributed by atoms with Gasteiger partial charge in [-0.15, -0.1) is 0 Å². The highest BCUT2D eigenvalue weighted by atomic mass is 19.1. The number of hydrogen-bond acceptors (Lipinski definition) is 6. The van der Waals surface area contributed by atoms with Gasteiger partial charge in [-0.25, -0.2) is 13.6 Å². The molecule has 3 aromatic rings. The predicted octanol–water partition coefficient (Wildman–Crippen LogP) is 3.90. The summed E-state index contributed by atoms with van der Waals surface area (Å²) in [5.74, 6) is -4.54. The normalized spacial score (nSPS) is 17.6. The number of β-lactam (4-membered cyclic amide) rings is 1. The molecule has 3 amide bonds. The highest BCUT2D eigenvalue weighted by molar-refractivity contribution is 6.03. The van der Waals surface area contributed by atoms with E-state index in [0.717, 1.165) is 5.56 Å². The summed E-state index contributed by atoms with van der Waals surface area (Å²) in [5, 5.41) is 22.5. The van der Waals surface area contributed by atoms with Gasteiger partial charge in [0.05, 0.1) is 24.6 Å². The second kappa shape index (κ2) is 14.8. The minimum atomic E-state index is -1.22. The number of aliphatic carboxylic acids is 1. The van der Waals surface area contributed by atoms with Crippen molar-refractivity contribution in [2.75, 3.05) is 18.1 Å². The lowest BCUT2D eigenvalue weighted by Crippen LogP contribution is -2.55. The fourth-order valence-corrected chi connectivity index (χ4v) is 5.13. The Bertz CT molecular complexity index is 1540. The summed E-state index contributed by atoms with van der Waals surface area (Å²) in [5.41, 5.74) is 1.75. The molecule has 4 N–H and O–H groups in total. The van der Waals surface area contributed by atoms with E-state index in [1.165, 1.54) is 48.5 Å². The van der Waals surface area contributed by atoms with Gasteiger partial charge in [0.25, 0.3) is 5.91 Å². The van der Waals surface area contributed by atoms with Crippen molar-refractivity contribution in [2.24, 2.45) is 11.8 Å². The third-order valence-corrected chi connectivity index (χ3v) is 7.56. The lowest BCUT2D eigenvalue weighted by atomic mass is 9.78. The molecule has 1 aliphatic heterocycles. The molecule has 1 fully saturated rings. The number of hydrogen-bond donors (Lipinski definition) is 4.